The first-order valence-corrected chi connectivity index (χ1v) is 6.80. The van der Waals surface area contributed by atoms with Gasteiger partial charge in [0.05, 0.1) is 6.54 Å². The molecule has 0 aliphatic heterocycles. The zero-order chi connectivity index (χ0) is 11.9. The summed E-state index contributed by atoms with van der Waals surface area (Å²) in [6.07, 6.45) is 1.03. The number of rotatable bonds is 6. The first-order chi connectivity index (χ1) is 8.40. The van der Waals surface area contributed by atoms with Gasteiger partial charge in [-0.15, -0.1) is 11.3 Å². The smallest absolute Gasteiger partial charge is 0.0522 e. The molecule has 2 rings (SSSR count). The Bertz CT molecular complexity index is 411. The minimum absolute atomic E-state index is 0.744. The summed E-state index contributed by atoms with van der Waals surface area (Å²) >= 11 is 1.81. The fraction of sp³-hybridized carbons (Fsp3) is 0.286. The highest BCUT2D eigenvalue weighted by Crippen LogP contribution is 2.19. The molecular weight excluding hydrogens is 228 g/mol. The second kappa shape index (κ2) is 6.42. The van der Waals surface area contributed by atoms with E-state index in [9.17, 15) is 0 Å². The third kappa shape index (κ3) is 3.58. The van der Waals surface area contributed by atoms with Crippen LogP contribution in [0.5, 0.6) is 0 Å². The molecule has 2 nitrogen and oxygen atoms in total. The van der Waals surface area contributed by atoms with Crippen molar-refractivity contribution in [2.45, 2.75) is 13.0 Å². The van der Waals surface area contributed by atoms with Crippen molar-refractivity contribution in [1.29, 1.82) is 0 Å². The Morgan fingerprint density at radius 1 is 1.06 bits per heavy atom. The third-order valence-electron chi connectivity index (χ3n) is 2.68. The van der Waals surface area contributed by atoms with Gasteiger partial charge in [0.15, 0.2) is 0 Å². The Labute approximate surface area is 107 Å². The fourth-order valence-electron chi connectivity index (χ4n) is 1.81. The molecular formula is C14H18N2S. The molecule has 0 unspecified atom stereocenters. The Balaban J connectivity index is 2.08. The normalized spacial score (nSPS) is 10.4. The minimum Gasteiger partial charge on any atom is -0.366 e. The number of hydrogen-bond donors (Lipinski definition) is 1. The van der Waals surface area contributed by atoms with Crippen LogP contribution in [0.1, 0.15) is 11.3 Å². The molecule has 0 radical (unpaired) electrons. The number of thiophene rings is 1. The standard InChI is InChI=1S/C14H18N2S/c15-9-5-10-16(12-14-8-4-11-17-14)13-6-2-1-3-7-13/h1-4,6-8,11H,5,9-10,12,15H2. The van der Waals surface area contributed by atoms with Gasteiger partial charge in [0.1, 0.15) is 0 Å². The average molecular weight is 246 g/mol. The molecule has 2 aromatic rings. The van der Waals surface area contributed by atoms with E-state index in [1.165, 1.54) is 10.6 Å². The fourth-order valence-corrected chi connectivity index (χ4v) is 2.53. The largest absolute Gasteiger partial charge is 0.366 e. The van der Waals surface area contributed by atoms with Gasteiger partial charge in [-0.25, -0.2) is 0 Å². The quantitative estimate of drug-likeness (QED) is 0.848. The van der Waals surface area contributed by atoms with Crippen LogP contribution in [0.25, 0.3) is 0 Å². The summed E-state index contributed by atoms with van der Waals surface area (Å²) in [4.78, 5) is 3.78. The van der Waals surface area contributed by atoms with E-state index in [0.29, 0.717) is 0 Å². The van der Waals surface area contributed by atoms with Gasteiger partial charge in [-0.1, -0.05) is 24.3 Å². The molecule has 17 heavy (non-hydrogen) atoms. The maximum Gasteiger partial charge on any atom is 0.0522 e. The number of anilines is 1. The highest BCUT2D eigenvalue weighted by molar-refractivity contribution is 7.09. The van der Waals surface area contributed by atoms with E-state index in [-0.39, 0.29) is 0 Å². The lowest BCUT2D eigenvalue weighted by atomic mass is 10.2. The van der Waals surface area contributed by atoms with E-state index in [1.54, 1.807) is 11.3 Å². The molecule has 1 aromatic carbocycles. The topological polar surface area (TPSA) is 29.3 Å². The molecule has 0 spiro atoms. The van der Waals surface area contributed by atoms with E-state index in [1.807, 2.05) is 0 Å². The number of para-hydroxylation sites is 1. The van der Waals surface area contributed by atoms with Gasteiger partial charge >= 0.3 is 0 Å². The van der Waals surface area contributed by atoms with Crippen molar-refractivity contribution in [3.05, 3.63) is 52.7 Å². The Kier molecular flexibility index (Phi) is 4.59. The van der Waals surface area contributed by atoms with Gasteiger partial charge in [-0.2, -0.15) is 0 Å². The highest BCUT2D eigenvalue weighted by atomic mass is 32.1. The lowest BCUT2D eigenvalue weighted by Gasteiger charge is -2.24. The summed E-state index contributed by atoms with van der Waals surface area (Å²) in [5.41, 5.74) is 6.88. The van der Waals surface area contributed by atoms with Crippen LogP contribution in [-0.4, -0.2) is 13.1 Å². The molecule has 0 aliphatic carbocycles. The molecule has 90 valence electrons. The summed E-state index contributed by atoms with van der Waals surface area (Å²) in [7, 11) is 0. The van der Waals surface area contributed by atoms with Crippen molar-refractivity contribution in [2.75, 3.05) is 18.0 Å². The molecule has 3 heteroatoms. The summed E-state index contributed by atoms with van der Waals surface area (Å²) in [6.45, 7) is 2.73. The number of hydrogen-bond acceptors (Lipinski definition) is 3. The lowest BCUT2D eigenvalue weighted by Crippen LogP contribution is -2.25. The zero-order valence-electron chi connectivity index (χ0n) is 9.88. The number of nitrogens with zero attached hydrogens (tertiary/aromatic N) is 1. The first kappa shape index (κ1) is 12.1. The molecule has 1 heterocycles. The van der Waals surface area contributed by atoms with Crippen LogP contribution in [0.3, 0.4) is 0 Å². The Morgan fingerprint density at radius 3 is 2.53 bits per heavy atom. The maximum absolute atomic E-state index is 5.60. The second-order valence-electron chi connectivity index (χ2n) is 3.98. The number of benzene rings is 1. The van der Waals surface area contributed by atoms with E-state index in [2.05, 4.69) is 52.7 Å². The predicted octanol–water partition coefficient (Wildman–Crippen LogP) is 3.10. The predicted molar refractivity (Wildman–Crippen MR) is 75.5 cm³/mol. The van der Waals surface area contributed by atoms with Crippen LogP contribution in [-0.2, 0) is 6.54 Å². The third-order valence-corrected chi connectivity index (χ3v) is 3.54. The summed E-state index contributed by atoms with van der Waals surface area (Å²) in [5, 5.41) is 2.13. The molecule has 0 atom stereocenters. The van der Waals surface area contributed by atoms with Crippen LogP contribution in [0.2, 0.25) is 0 Å². The first-order valence-electron chi connectivity index (χ1n) is 5.92. The van der Waals surface area contributed by atoms with Crippen molar-refractivity contribution < 1.29 is 0 Å². The van der Waals surface area contributed by atoms with Crippen molar-refractivity contribution in [2.24, 2.45) is 5.73 Å². The van der Waals surface area contributed by atoms with Crippen molar-refractivity contribution in [3.63, 3.8) is 0 Å². The monoisotopic (exact) mass is 246 g/mol. The molecule has 0 bridgehead atoms. The second-order valence-corrected chi connectivity index (χ2v) is 5.01. The van der Waals surface area contributed by atoms with Gasteiger partial charge in [-0.05, 0) is 36.5 Å². The average Bonchev–Trinajstić information content (AvgIpc) is 2.88. The number of nitrogens with two attached hydrogens (primary N) is 1. The molecule has 0 saturated carbocycles. The van der Waals surface area contributed by atoms with E-state index in [4.69, 9.17) is 5.73 Å². The SMILES string of the molecule is NCCCN(Cc1cccs1)c1ccccc1. The van der Waals surface area contributed by atoms with Crippen molar-refractivity contribution in [3.8, 4) is 0 Å². The molecule has 2 N–H and O–H groups in total. The summed E-state index contributed by atoms with van der Waals surface area (Å²) in [5.74, 6) is 0. The summed E-state index contributed by atoms with van der Waals surface area (Å²) in [6, 6.07) is 14.8. The molecule has 1 aromatic heterocycles. The van der Waals surface area contributed by atoms with Crippen molar-refractivity contribution in [1.82, 2.24) is 0 Å². The van der Waals surface area contributed by atoms with Gasteiger partial charge < -0.3 is 10.6 Å². The van der Waals surface area contributed by atoms with E-state index >= 15 is 0 Å². The minimum atomic E-state index is 0.744. The lowest BCUT2D eigenvalue weighted by molar-refractivity contribution is 0.740. The maximum atomic E-state index is 5.60. The van der Waals surface area contributed by atoms with Crippen LogP contribution in [0.15, 0.2) is 47.8 Å². The van der Waals surface area contributed by atoms with Gasteiger partial charge in [0, 0.05) is 17.1 Å². The van der Waals surface area contributed by atoms with Gasteiger partial charge in [0.2, 0.25) is 0 Å². The van der Waals surface area contributed by atoms with Crippen LogP contribution < -0.4 is 10.6 Å². The molecule has 0 saturated heterocycles. The highest BCUT2D eigenvalue weighted by Gasteiger charge is 2.06. The zero-order valence-corrected chi connectivity index (χ0v) is 10.7. The molecule has 0 fully saturated rings. The van der Waals surface area contributed by atoms with Crippen LogP contribution in [0.4, 0.5) is 5.69 Å². The van der Waals surface area contributed by atoms with Crippen LogP contribution in [0, 0.1) is 0 Å². The molecule has 0 amide bonds. The van der Waals surface area contributed by atoms with Crippen LogP contribution >= 0.6 is 11.3 Å². The van der Waals surface area contributed by atoms with E-state index in [0.717, 1.165) is 26.1 Å². The Morgan fingerprint density at radius 2 is 1.88 bits per heavy atom. The van der Waals surface area contributed by atoms with Crippen molar-refractivity contribution >= 4 is 17.0 Å². The van der Waals surface area contributed by atoms with Gasteiger partial charge in [-0.3, -0.25) is 0 Å². The Hall–Kier alpha value is -1.32. The van der Waals surface area contributed by atoms with Gasteiger partial charge in [0.25, 0.3) is 0 Å². The van der Waals surface area contributed by atoms with E-state index < -0.39 is 0 Å². The summed E-state index contributed by atoms with van der Waals surface area (Å²) < 4.78 is 0. The molecule has 0 aliphatic rings.